The molecule has 0 saturated carbocycles. The Hall–Kier alpha value is -1.70. The molecule has 0 unspecified atom stereocenters. The Morgan fingerprint density at radius 1 is 1.33 bits per heavy atom. The molecule has 1 saturated heterocycles. The Morgan fingerprint density at radius 2 is 2.09 bits per heavy atom. The second-order valence-corrected chi connectivity index (χ2v) is 10.1. The molecule has 0 radical (unpaired) electrons. The summed E-state index contributed by atoms with van der Waals surface area (Å²) in [7, 11) is 1.71. The van der Waals surface area contributed by atoms with Crippen molar-refractivity contribution >= 4 is 35.6 Å². The van der Waals surface area contributed by atoms with E-state index in [0.717, 1.165) is 40.6 Å². The first-order valence-electron chi connectivity index (χ1n) is 11.3. The van der Waals surface area contributed by atoms with Gasteiger partial charge in [-0.15, -0.1) is 12.4 Å². The van der Waals surface area contributed by atoms with Crippen LogP contribution in [-0.4, -0.2) is 67.8 Å². The van der Waals surface area contributed by atoms with Gasteiger partial charge in [0, 0.05) is 73.1 Å². The maximum Gasteiger partial charge on any atom is 0.241 e. The summed E-state index contributed by atoms with van der Waals surface area (Å²) in [5, 5.41) is 4.22. The molecular weight excluding hydrogens is 459 g/mol. The number of carbonyl (C=O) groups is 1. The van der Waals surface area contributed by atoms with Crippen molar-refractivity contribution in [2.75, 3.05) is 44.8 Å². The van der Waals surface area contributed by atoms with Gasteiger partial charge in [0.2, 0.25) is 5.91 Å². The standard InChI is InChI=1S/C25H33ClN4O2.ClH/c1-17-13-29(20(11-27-17)15-32-4)14-24(31)30-16-25(2,3)21-12-28-19(10-23(21)30)9-18-7-5-6-8-22(18)26;/h5-8,10,12,17,20,27H,9,11,13-16H2,1-4H3;1H/t17-,20-;/m1./s1. The number of anilines is 1. The first-order chi connectivity index (χ1) is 15.3. The number of aromatic nitrogens is 1. The second-order valence-electron chi connectivity index (χ2n) is 9.67. The van der Waals surface area contributed by atoms with Gasteiger partial charge in [-0.1, -0.05) is 43.6 Å². The number of piperazine rings is 1. The number of fused-ring (bicyclic) bond motifs is 1. The van der Waals surface area contributed by atoms with Crippen molar-refractivity contribution < 1.29 is 9.53 Å². The third kappa shape index (κ3) is 5.69. The fourth-order valence-electron chi connectivity index (χ4n) is 4.79. The molecular formula is C25H34Cl2N4O2. The minimum atomic E-state index is -0.135. The number of hydrogen-bond donors (Lipinski definition) is 1. The van der Waals surface area contributed by atoms with E-state index in [1.165, 1.54) is 0 Å². The number of nitrogens with one attached hydrogen (secondary N) is 1. The lowest BCUT2D eigenvalue weighted by molar-refractivity contribution is -0.121. The summed E-state index contributed by atoms with van der Waals surface area (Å²) in [6.07, 6.45) is 2.58. The van der Waals surface area contributed by atoms with E-state index in [1.54, 1.807) is 7.11 Å². The lowest BCUT2D eigenvalue weighted by Crippen LogP contribution is -2.59. The molecule has 1 amide bonds. The number of benzene rings is 1. The van der Waals surface area contributed by atoms with Crippen LogP contribution in [0.15, 0.2) is 36.5 Å². The van der Waals surface area contributed by atoms with Crippen LogP contribution in [0.4, 0.5) is 5.69 Å². The van der Waals surface area contributed by atoms with Crippen LogP contribution in [0.25, 0.3) is 0 Å². The highest BCUT2D eigenvalue weighted by atomic mass is 35.5. The number of nitrogens with zero attached hydrogens (tertiary/aromatic N) is 3. The van der Waals surface area contributed by atoms with Crippen molar-refractivity contribution in [2.24, 2.45) is 0 Å². The summed E-state index contributed by atoms with van der Waals surface area (Å²) in [4.78, 5) is 22.4. The van der Waals surface area contributed by atoms with Crippen molar-refractivity contribution in [3.05, 3.63) is 58.4 Å². The predicted molar refractivity (Wildman–Crippen MR) is 136 cm³/mol. The van der Waals surface area contributed by atoms with Crippen molar-refractivity contribution in [3.8, 4) is 0 Å². The topological polar surface area (TPSA) is 57.7 Å². The predicted octanol–water partition coefficient (Wildman–Crippen LogP) is 3.68. The van der Waals surface area contributed by atoms with Crippen LogP contribution in [0.5, 0.6) is 0 Å². The minimum Gasteiger partial charge on any atom is -0.383 e. The van der Waals surface area contributed by atoms with E-state index < -0.39 is 0 Å². The zero-order valence-electron chi connectivity index (χ0n) is 19.8. The highest BCUT2D eigenvalue weighted by Crippen LogP contribution is 2.40. The third-order valence-electron chi connectivity index (χ3n) is 6.57. The van der Waals surface area contributed by atoms with Crippen LogP contribution >= 0.6 is 24.0 Å². The molecule has 0 spiro atoms. The van der Waals surface area contributed by atoms with E-state index in [0.29, 0.717) is 32.2 Å². The molecule has 3 heterocycles. The van der Waals surface area contributed by atoms with Gasteiger partial charge in [0.25, 0.3) is 0 Å². The molecule has 2 aromatic rings. The molecule has 1 aromatic carbocycles. The van der Waals surface area contributed by atoms with Crippen LogP contribution < -0.4 is 10.2 Å². The molecule has 4 rings (SSSR count). The molecule has 2 atom stereocenters. The van der Waals surface area contributed by atoms with Gasteiger partial charge in [-0.05, 0) is 24.6 Å². The van der Waals surface area contributed by atoms with E-state index in [-0.39, 0.29) is 29.8 Å². The fourth-order valence-corrected chi connectivity index (χ4v) is 5.00. The maximum absolute atomic E-state index is 13.5. The Morgan fingerprint density at radius 3 is 2.82 bits per heavy atom. The number of rotatable bonds is 6. The maximum atomic E-state index is 13.5. The van der Waals surface area contributed by atoms with E-state index in [1.807, 2.05) is 35.4 Å². The SMILES string of the molecule is COC[C@H]1CN[C@H](C)CN1CC(=O)N1CC(C)(C)c2cnc(Cc3ccccc3Cl)cc21.Cl. The van der Waals surface area contributed by atoms with Crippen molar-refractivity contribution in [3.63, 3.8) is 0 Å². The molecule has 2 aliphatic rings. The summed E-state index contributed by atoms with van der Waals surface area (Å²) < 4.78 is 5.40. The van der Waals surface area contributed by atoms with Gasteiger partial charge in [-0.25, -0.2) is 0 Å². The number of pyridine rings is 1. The molecule has 8 heteroatoms. The van der Waals surface area contributed by atoms with Gasteiger partial charge in [0.15, 0.2) is 0 Å². The zero-order valence-corrected chi connectivity index (χ0v) is 21.4. The largest absolute Gasteiger partial charge is 0.383 e. The summed E-state index contributed by atoms with van der Waals surface area (Å²) >= 11 is 6.36. The van der Waals surface area contributed by atoms with Gasteiger partial charge in [-0.2, -0.15) is 0 Å². The molecule has 6 nitrogen and oxygen atoms in total. The Kier molecular flexibility index (Phi) is 8.40. The lowest BCUT2D eigenvalue weighted by Gasteiger charge is -2.39. The summed E-state index contributed by atoms with van der Waals surface area (Å²) in [5.74, 6) is 0.127. The van der Waals surface area contributed by atoms with Gasteiger partial charge in [0.1, 0.15) is 0 Å². The Bertz CT molecular complexity index is 985. The molecule has 1 N–H and O–H groups in total. The third-order valence-corrected chi connectivity index (χ3v) is 6.94. The number of carbonyl (C=O) groups excluding carboxylic acids is 1. The smallest absolute Gasteiger partial charge is 0.241 e. The Labute approximate surface area is 208 Å². The first kappa shape index (κ1) is 25.9. The number of hydrogen-bond acceptors (Lipinski definition) is 5. The molecule has 33 heavy (non-hydrogen) atoms. The van der Waals surface area contributed by atoms with Crippen LogP contribution in [0.3, 0.4) is 0 Å². The monoisotopic (exact) mass is 492 g/mol. The molecule has 2 aliphatic heterocycles. The van der Waals surface area contributed by atoms with E-state index >= 15 is 0 Å². The molecule has 1 fully saturated rings. The van der Waals surface area contributed by atoms with Crippen LogP contribution in [-0.2, 0) is 21.4 Å². The highest BCUT2D eigenvalue weighted by Gasteiger charge is 2.39. The summed E-state index contributed by atoms with van der Waals surface area (Å²) in [6.45, 7) is 9.83. The van der Waals surface area contributed by atoms with Crippen LogP contribution in [0.2, 0.25) is 5.02 Å². The van der Waals surface area contributed by atoms with Crippen molar-refractivity contribution in [1.29, 1.82) is 0 Å². The summed E-state index contributed by atoms with van der Waals surface area (Å²) in [6, 6.07) is 10.4. The van der Waals surface area contributed by atoms with Gasteiger partial charge in [-0.3, -0.25) is 14.7 Å². The fraction of sp³-hybridized carbons (Fsp3) is 0.520. The van der Waals surface area contributed by atoms with Gasteiger partial charge in [0.05, 0.1) is 18.8 Å². The zero-order chi connectivity index (χ0) is 22.9. The normalized spacial score (nSPS) is 22.0. The van der Waals surface area contributed by atoms with Crippen molar-refractivity contribution in [1.82, 2.24) is 15.2 Å². The van der Waals surface area contributed by atoms with Gasteiger partial charge < -0.3 is 15.0 Å². The second kappa shape index (κ2) is 10.7. The molecule has 0 aliphatic carbocycles. The number of halogens is 2. The van der Waals surface area contributed by atoms with Gasteiger partial charge >= 0.3 is 0 Å². The van der Waals surface area contributed by atoms with Crippen molar-refractivity contribution in [2.45, 2.75) is 44.7 Å². The molecule has 0 bridgehead atoms. The Balaban J connectivity index is 0.00000306. The number of ether oxygens (including phenoxy) is 1. The number of amides is 1. The molecule has 180 valence electrons. The summed E-state index contributed by atoms with van der Waals surface area (Å²) in [5.41, 5.74) is 3.91. The average Bonchev–Trinajstić information content (AvgIpc) is 3.02. The lowest BCUT2D eigenvalue weighted by atomic mass is 9.88. The number of methoxy groups -OCH3 is 1. The quantitative estimate of drug-likeness (QED) is 0.666. The highest BCUT2D eigenvalue weighted by molar-refractivity contribution is 6.31. The average molecular weight is 493 g/mol. The molecule has 1 aromatic heterocycles. The van der Waals surface area contributed by atoms with E-state index in [2.05, 4.69) is 37.1 Å². The first-order valence-corrected chi connectivity index (χ1v) is 11.7. The van der Waals surface area contributed by atoms with Crippen LogP contribution in [0.1, 0.15) is 37.6 Å². The van der Waals surface area contributed by atoms with Crippen LogP contribution in [0, 0.1) is 0 Å². The van der Waals surface area contributed by atoms with E-state index in [4.69, 9.17) is 21.3 Å². The van der Waals surface area contributed by atoms with E-state index in [9.17, 15) is 4.79 Å². The minimum absolute atomic E-state index is 0.